The minimum Gasteiger partial charge on any atom is -0.481 e. The summed E-state index contributed by atoms with van der Waals surface area (Å²) in [6.45, 7) is -0.0642. The highest BCUT2D eigenvalue weighted by atomic mass is 19.3. The van der Waals surface area contributed by atoms with Gasteiger partial charge in [-0.3, -0.25) is 4.79 Å². The Morgan fingerprint density at radius 2 is 2.22 bits per heavy atom. The van der Waals surface area contributed by atoms with E-state index >= 15 is 0 Å². The van der Waals surface area contributed by atoms with E-state index in [-0.39, 0.29) is 26.2 Å². The molecule has 2 amide bonds. The van der Waals surface area contributed by atoms with Gasteiger partial charge in [-0.25, -0.2) is 13.6 Å². The Morgan fingerprint density at radius 3 is 2.78 bits per heavy atom. The molecular formula is C10H16F2N2O4. The smallest absolute Gasteiger partial charge is 0.320 e. The molecule has 1 unspecified atom stereocenters. The van der Waals surface area contributed by atoms with Crippen molar-refractivity contribution in [2.45, 2.75) is 18.9 Å². The van der Waals surface area contributed by atoms with Crippen LogP contribution in [0.25, 0.3) is 0 Å². The number of carboxylic acid groups (broad SMARTS) is 1. The number of alkyl halides is 2. The number of aliphatic carboxylic acids is 1. The van der Waals surface area contributed by atoms with Crippen LogP contribution in [0.3, 0.4) is 0 Å². The largest absolute Gasteiger partial charge is 0.481 e. The molecule has 1 heterocycles. The first kappa shape index (κ1) is 14.6. The number of carbonyl (C=O) groups excluding carboxylic acids is 1. The van der Waals surface area contributed by atoms with E-state index < -0.39 is 31.0 Å². The van der Waals surface area contributed by atoms with Crippen LogP contribution in [-0.2, 0) is 9.53 Å². The molecule has 0 radical (unpaired) electrons. The molecule has 104 valence electrons. The average Bonchev–Trinajstić information content (AvgIpc) is 2.27. The van der Waals surface area contributed by atoms with Gasteiger partial charge in [0.1, 0.15) is 0 Å². The molecule has 1 saturated heterocycles. The molecule has 1 N–H and O–H groups in total. The zero-order chi connectivity index (χ0) is 13.7. The first-order valence-electron chi connectivity index (χ1n) is 5.51. The Balaban J connectivity index is 2.64. The Bertz CT molecular complexity index is 314. The first-order chi connectivity index (χ1) is 8.41. The maximum absolute atomic E-state index is 12.2. The molecule has 0 spiro atoms. The molecule has 0 aliphatic carbocycles. The summed E-state index contributed by atoms with van der Waals surface area (Å²) >= 11 is 0. The van der Waals surface area contributed by atoms with Crippen LogP contribution in [0.4, 0.5) is 13.6 Å². The fourth-order valence-corrected chi connectivity index (χ4v) is 1.78. The van der Waals surface area contributed by atoms with Gasteiger partial charge in [-0.2, -0.15) is 0 Å². The second kappa shape index (κ2) is 6.48. The predicted molar refractivity (Wildman–Crippen MR) is 57.6 cm³/mol. The van der Waals surface area contributed by atoms with Crippen LogP contribution >= 0.6 is 0 Å². The quantitative estimate of drug-likeness (QED) is 0.803. The lowest BCUT2D eigenvalue weighted by Crippen LogP contribution is -2.54. The summed E-state index contributed by atoms with van der Waals surface area (Å²) in [6.07, 6.45) is -2.87. The zero-order valence-electron chi connectivity index (χ0n) is 10.0. The molecule has 1 rings (SSSR count). The third kappa shape index (κ3) is 4.10. The molecule has 8 heteroatoms. The van der Waals surface area contributed by atoms with Gasteiger partial charge in [0.15, 0.2) is 0 Å². The summed E-state index contributed by atoms with van der Waals surface area (Å²) in [4.78, 5) is 24.7. The Hall–Kier alpha value is -1.44. The molecule has 0 aromatic heterocycles. The van der Waals surface area contributed by atoms with Crippen molar-refractivity contribution >= 4 is 12.0 Å². The topological polar surface area (TPSA) is 70.1 Å². The van der Waals surface area contributed by atoms with E-state index in [2.05, 4.69) is 0 Å². The molecule has 1 atom stereocenters. The molecule has 0 bridgehead atoms. The lowest BCUT2D eigenvalue weighted by Gasteiger charge is -2.37. The van der Waals surface area contributed by atoms with E-state index in [4.69, 9.17) is 9.84 Å². The predicted octanol–water partition coefficient (Wildman–Crippen LogP) is 0.479. The second-order valence-corrected chi connectivity index (χ2v) is 4.07. The van der Waals surface area contributed by atoms with Crippen LogP contribution < -0.4 is 0 Å². The number of urea groups is 1. The monoisotopic (exact) mass is 266 g/mol. The maximum atomic E-state index is 12.2. The summed E-state index contributed by atoms with van der Waals surface area (Å²) in [6, 6.07) is -1.20. The summed E-state index contributed by atoms with van der Waals surface area (Å²) in [7, 11) is 1.27. The van der Waals surface area contributed by atoms with E-state index in [9.17, 15) is 18.4 Å². The van der Waals surface area contributed by atoms with Gasteiger partial charge in [0.2, 0.25) is 0 Å². The van der Waals surface area contributed by atoms with Gasteiger partial charge < -0.3 is 19.6 Å². The minimum absolute atomic E-state index is 0.112. The summed E-state index contributed by atoms with van der Waals surface area (Å²) in [5.41, 5.74) is 0. The van der Waals surface area contributed by atoms with Gasteiger partial charge in [0.05, 0.1) is 32.2 Å². The van der Waals surface area contributed by atoms with Gasteiger partial charge in [0, 0.05) is 13.6 Å². The number of carboxylic acids is 1. The third-order valence-electron chi connectivity index (χ3n) is 2.62. The normalized spacial score (nSPS) is 20.0. The molecule has 18 heavy (non-hydrogen) atoms. The van der Waals surface area contributed by atoms with Crippen molar-refractivity contribution in [2.75, 3.05) is 33.4 Å². The Morgan fingerprint density at radius 1 is 1.56 bits per heavy atom. The van der Waals surface area contributed by atoms with Crippen molar-refractivity contribution in [3.63, 3.8) is 0 Å². The fourth-order valence-electron chi connectivity index (χ4n) is 1.78. The Kier molecular flexibility index (Phi) is 5.26. The number of halogens is 2. The standard InChI is InChI=1S/C10H16F2N2O4/c1-13(5-8(11)12)10(17)14-2-3-18-6-7(14)4-9(15)16/h7-8H,2-6H2,1H3,(H,15,16). The summed E-state index contributed by atoms with van der Waals surface area (Å²) in [5.74, 6) is -1.06. The van der Waals surface area contributed by atoms with E-state index in [1.807, 2.05) is 0 Å². The van der Waals surface area contributed by atoms with Crippen LogP contribution in [-0.4, -0.2) is 72.7 Å². The van der Waals surface area contributed by atoms with Gasteiger partial charge in [-0.15, -0.1) is 0 Å². The lowest BCUT2D eigenvalue weighted by atomic mass is 10.1. The third-order valence-corrected chi connectivity index (χ3v) is 2.62. The summed E-state index contributed by atoms with van der Waals surface area (Å²) < 4.78 is 29.5. The number of carbonyl (C=O) groups is 2. The molecule has 1 fully saturated rings. The maximum Gasteiger partial charge on any atom is 0.320 e. The number of hydrogen-bond acceptors (Lipinski definition) is 3. The first-order valence-corrected chi connectivity index (χ1v) is 5.51. The van der Waals surface area contributed by atoms with Crippen LogP contribution in [0, 0.1) is 0 Å². The average molecular weight is 266 g/mol. The molecule has 1 aliphatic heterocycles. The molecule has 6 nitrogen and oxygen atoms in total. The lowest BCUT2D eigenvalue weighted by molar-refractivity contribution is -0.139. The number of rotatable bonds is 4. The molecule has 0 aromatic rings. The van der Waals surface area contributed by atoms with Gasteiger partial charge in [-0.05, 0) is 0 Å². The number of ether oxygens (including phenoxy) is 1. The molecular weight excluding hydrogens is 250 g/mol. The minimum atomic E-state index is -2.61. The zero-order valence-corrected chi connectivity index (χ0v) is 10.0. The van der Waals surface area contributed by atoms with Crippen LogP contribution in [0.2, 0.25) is 0 Å². The highest BCUT2D eigenvalue weighted by Crippen LogP contribution is 2.13. The van der Waals surface area contributed by atoms with Crippen LogP contribution in [0.15, 0.2) is 0 Å². The highest BCUT2D eigenvalue weighted by Gasteiger charge is 2.31. The summed E-state index contributed by atoms with van der Waals surface area (Å²) in [5, 5.41) is 8.72. The highest BCUT2D eigenvalue weighted by molar-refractivity contribution is 5.76. The van der Waals surface area contributed by atoms with Gasteiger partial charge in [-0.1, -0.05) is 0 Å². The van der Waals surface area contributed by atoms with Crippen molar-refractivity contribution in [3.05, 3.63) is 0 Å². The van der Waals surface area contributed by atoms with Crippen molar-refractivity contribution < 1.29 is 28.2 Å². The molecule has 1 aliphatic rings. The molecule has 0 aromatic carbocycles. The van der Waals surface area contributed by atoms with Crippen molar-refractivity contribution in [1.29, 1.82) is 0 Å². The van der Waals surface area contributed by atoms with Gasteiger partial charge >= 0.3 is 12.0 Å². The van der Waals surface area contributed by atoms with E-state index in [1.165, 1.54) is 11.9 Å². The van der Waals surface area contributed by atoms with Gasteiger partial charge in [0.25, 0.3) is 6.43 Å². The van der Waals surface area contributed by atoms with Crippen molar-refractivity contribution in [3.8, 4) is 0 Å². The number of nitrogens with zero attached hydrogens (tertiary/aromatic N) is 2. The number of hydrogen-bond donors (Lipinski definition) is 1. The van der Waals surface area contributed by atoms with Crippen molar-refractivity contribution in [1.82, 2.24) is 9.80 Å². The fraction of sp³-hybridized carbons (Fsp3) is 0.800. The van der Waals surface area contributed by atoms with E-state index in [0.717, 1.165) is 4.90 Å². The van der Waals surface area contributed by atoms with E-state index in [1.54, 1.807) is 0 Å². The van der Waals surface area contributed by atoms with Crippen LogP contribution in [0.1, 0.15) is 6.42 Å². The van der Waals surface area contributed by atoms with Crippen LogP contribution in [0.5, 0.6) is 0 Å². The number of amides is 2. The Labute approximate surface area is 103 Å². The number of morpholine rings is 1. The van der Waals surface area contributed by atoms with E-state index in [0.29, 0.717) is 0 Å². The SMILES string of the molecule is CN(CC(F)F)C(=O)N1CCOCC1CC(=O)O. The second-order valence-electron chi connectivity index (χ2n) is 4.07. The molecule has 0 saturated carbocycles. The van der Waals surface area contributed by atoms with Crippen molar-refractivity contribution in [2.24, 2.45) is 0 Å².